The van der Waals surface area contributed by atoms with Gasteiger partial charge in [0, 0.05) is 25.4 Å². The summed E-state index contributed by atoms with van der Waals surface area (Å²) in [5, 5.41) is 6.61. The van der Waals surface area contributed by atoms with E-state index in [1.54, 1.807) is 24.3 Å². The number of aromatic amines is 1. The van der Waals surface area contributed by atoms with E-state index in [1.165, 1.54) is 0 Å². The highest BCUT2D eigenvalue weighted by molar-refractivity contribution is 5.78. The lowest BCUT2D eigenvalue weighted by Gasteiger charge is -2.16. The van der Waals surface area contributed by atoms with Crippen molar-refractivity contribution >= 4 is 5.91 Å². The van der Waals surface area contributed by atoms with Gasteiger partial charge in [0.25, 0.3) is 0 Å². The van der Waals surface area contributed by atoms with E-state index in [-0.39, 0.29) is 5.91 Å². The van der Waals surface area contributed by atoms with Crippen molar-refractivity contribution in [2.45, 2.75) is 19.9 Å². The predicted octanol–water partition coefficient (Wildman–Crippen LogP) is 2.01. The van der Waals surface area contributed by atoms with Gasteiger partial charge in [0.2, 0.25) is 5.91 Å². The molecule has 2 aromatic rings. The molecule has 5 heteroatoms. The number of H-pyrrole nitrogens is 1. The number of rotatable bonds is 6. The molecule has 0 fully saturated rings. The first kappa shape index (κ1) is 14.1. The Morgan fingerprint density at radius 2 is 2.05 bits per heavy atom. The number of likely N-dealkylation sites (N-methyl/N-ethyl adjacent to an activating group) is 1. The third-order valence-electron chi connectivity index (χ3n) is 2.99. The van der Waals surface area contributed by atoms with Crippen molar-refractivity contribution in [2.24, 2.45) is 0 Å². The van der Waals surface area contributed by atoms with Gasteiger partial charge in [-0.05, 0) is 24.6 Å². The molecule has 106 valence electrons. The summed E-state index contributed by atoms with van der Waals surface area (Å²) in [7, 11) is 1.80. The quantitative estimate of drug-likeness (QED) is 0.876. The molecule has 0 spiro atoms. The van der Waals surface area contributed by atoms with E-state index < -0.39 is 0 Å². The zero-order valence-corrected chi connectivity index (χ0v) is 11.8. The highest BCUT2D eigenvalue weighted by Crippen LogP contribution is 2.13. The Balaban J connectivity index is 1.90. The Kier molecular flexibility index (Phi) is 4.76. The maximum absolute atomic E-state index is 12.1. The number of ether oxygens (including phenoxy) is 1. The van der Waals surface area contributed by atoms with Crippen LogP contribution < -0.4 is 4.74 Å². The van der Waals surface area contributed by atoms with Crippen LogP contribution in [0.1, 0.15) is 18.1 Å². The van der Waals surface area contributed by atoms with Gasteiger partial charge in [0.05, 0.1) is 19.2 Å². The normalized spacial score (nSPS) is 10.3. The van der Waals surface area contributed by atoms with E-state index in [0.717, 1.165) is 16.9 Å². The summed E-state index contributed by atoms with van der Waals surface area (Å²) < 4.78 is 5.38. The van der Waals surface area contributed by atoms with E-state index in [9.17, 15) is 4.79 Å². The molecule has 1 aromatic carbocycles. The van der Waals surface area contributed by atoms with Gasteiger partial charge in [0.1, 0.15) is 5.75 Å². The van der Waals surface area contributed by atoms with Gasteiger partial charge in [-0.1, -0.05) is 12.1 Å². The molecule has 1 aromatic heterocycles. The van der Waals surface area contributed by atoms with E-state index in [4.69, 9.17) is 4.74 Å². The van der Waals surface area contributed by atoms with Gasteiger partial charge in [-0.3, -0.25) is 9.89 Å². The number of amides is 1. The number of benzene rings is 1. The zero-order valence-electron chi connectivity index (χ0n) is 11.8. The minimum absolute atomic E-state index is 0.0790. The van der Waals surface area contributed by atoms with Crippen molar-refractivity contribution < 1.29 is 9.53 Å². The highest BCUT2D eigenvalue weighted by Gasteiger charge is 2.10. The summed E-state index contributed by atoms with van der Waals surface area (Å²) in [6.45, 7) is 3.15. The first-order chi connectivity index (χ1) is 9.69. The van der Waals surface area contributed by atoms with E-state index in [0.29, 0.717) is 19.6 Å². The number of carbonyl (C=O) groups excluding carboxylic acids is 1. The Bertz CT molecular complexity index is 535. The van der Waals surface area contributed by atoms with Crippen molar-refractivity contribution in [2.75, 3.05) is 13.7 Å². The number of nitrogens with one attached hydrogen (secondary N) is 1. The predicted molar refractivity (Wildman–Crippen MR) is 76.4 cm³/mol. The molecule has 0 aliphatic rings. The fourth-order valence-electron chi connectivity index (χ4n) is 1.91. The van der Waals surface area contributed by atoms with Crippen LogP contribution in [0.4, 0.5) is 0 Å². The molecule has 5 nitrogen and oxygen atoms in total. The van der Waals surface area contributed by atoms with Crippen LogP contribution in [0, 0.1) is 0 Å². The van der Waals surface area contributed by atoms with Gasteiger partial charge < -0.3 is 9.64 Å². The number of hydrogen-bond acceptors (Lipinski definition) is 3. The number of hydrogen-bond donors (Lipinski definition) is 1. The van der Waals surface area contributed by atoms with Gasteiger partial charge in [0.15, 0.2) is 0 Å². The van der Waals surface area contributed by atoms with Crippen molar-refractivity contribution in [3.05, 3.63) is 47.8 Å². The SMILES string of the molecule is CCOc1ccc(CC(=O)N(C)Cc2cn[nH]c2)cc1. The molecule has 0 unspecified atom stereocenters. The topological polar surface area (TPSA) is 58.2 Å². The average molecular weight is 273 g/mol. The second-order valence-corrected chi connectivity index (χ2v) is 4.61. The van der Waals surface area contributed by atoms with E-state index in [1.807, 2.05) is 31.2 Å². The first-order valence-corrected chi connectivity index (χ1v) is 6.62. The molecule has 1 N–H and O–H groups in total. The molecule has 0 saturated carbocycles. The van der Waals surface area contributed by atoms with E-state index in [2.05, 4.69) is 10.2 Å². The van der Waals surface area contributed by atoms with Crippen molar-refractivity contribution in [3.8, 4) is 5.75 Å². The molecule has 2 rings (SSSR count). The van der Waals surface area contributed by atoms with Gasteiger partial charge >= 0.3 is 0 Å². The molecule has 0 saturated heterocycles. The fourth-order valence-corrected chi connectivity index (χ4v) is 1.91. The number of aromatic nitrogens is 2. The van der Waals surface area contributed by atoms with Crippen molar-refractivity contribution in [3.63, 3.8) is 0 Å². The standard InChI is InChI=1S/C15H19N3O2/c1-3-20-14-6-4-12(5-7-14)8-15(19)18(2)11-13-9-16-17-10-13/h4-7,9-10H,3,8,11H2,1-2H3,(H,16,17). The van der Waals surface area contributed by atoms with Crippen LogP contribution in [-0.2, 0) is 17.8 Å². The summed E-state index contributed by atoms with van der Waals surface area (Å²) in [4.78, 5) is 13.8. The minimum atomic E-state index is 0.0790. The summed E-state index contributed by atoms with van der Waals surface area (Å²) in [6, 6.07) is 7.63. The summed E-state index contributed by atoms with van der Waals surface area (Å²) >= 11 is 0. The summed E-state index contributed by atoms with van der Waals surface area (Å²) in [6.07, 6.45) is 3.90. The second-order valence-electron chi connectivity index (χ2n) is 4.61. The van der Waals surface area contributed by atoms with Crippen LogP contribution >= 0.6 is 0 Å². The first-order valence-electron chi connectivity index (χ1n) is 6.62. The van der Waals surface area contributed by atoms with Gasteiger partial charge in [-0.15, -0.1) is 0 Å². The maximum atomic E-state index is 12.1. The maximum Gasteiger partial charge on any atom is 0.227 e. The largest absolute Gasteiger partial charge is 0.494 e. The third kappa shape index (κ3) is 3.85. The lowest BCUT2D eigenvalue weighted by atomic mass is 10.1. The Morgan fingerprint density at radius 1 is 1.30 bits per heavy atom. The van der Waals surface area contributed by atoms with Crippen LogP contribution in [0.2, 0.25) is 0 Å². The van der Waals surface area contributed by atoms with Gasteiger partial charge in [-0.2, -0.15) is 5.10 Å². The molecule has 0 aliphatic carbocycles. The average Bonchev–Trinajstić information content (AvgIpc) is 2.94. The van der Waals surface area contributed by atoms with Crippen molar-refractivity contribution in [1.82, 2.24) is 15.1 Å². The number of nitrogens with zero attached hydrogens (tertiary/aromatic N) is 2. The minimum Gasteiger partial charge on any atom is -0.494 e. The molecule has 0 bridgehead atoms. The molecule has 1 heterocycles. The molecule has 1 amide bonds. The highest BCUT2D eigenvalue weighted by atomic mass is 16.5. The monoisotopic (exact) mass is 273 g/mol. The summed E-state index contributed by atoms with van der Waals surface area (Å²) in [5.74, 6) is 0.908. The molecular weight excluding hydrogens is 254 g/mol. The Labute approximate surface area is 118 Å². The van der Waals surface area contributed by atoms with Crippen LogP contribution in [0.15, 0.2) is 36.7 Å². The van der Waals surface area contributed by atoms with Crippen LogP contribution in [0.3, 0.4) is 0 Å². The van der Waals surface area contributed by atoms with Crippen LogP contribution in [0.5, 0.6) is 5.75 Å². The van der Waals surface area contributed by atoms with Crippen LogP contribution in [-0.4, -0.2) is 34.7 Å². The van der Waals surface area contributed by atoms with Crippen LogP contribution in [0.25, 0.3) is 0 Å². The third-order valence-corrected chi connectivity index (χ3v) is 2.99. The summed E-state index contributed by atoms with van der Waals surface area (Å²) in [5.41, 5.74) is 1.98. The number of carbonyl (C=O) groups is 1. The molecule has 0 aliphatic heterocycles. The fraction of sp³-hybridized carbons (Fsp3) is 0.333. The zero-order chi connectivity index (χ0) is 14.4. The Hall–Kier alpha value is -2.30. The second kappa shape index (κ2) is 6.75. The van der Waals surface area contributed by atoms with Gasteiger partial charge in [-0.25, -0.2) is 0 Å². The molecule has 0 radical (unpaired) electrons. The smallest absolute Gasteiger partial charge is 0.227 e. The van der Waals surface area contributed by atoms with E-state index >= 15 is 0 Å². The molecule has 0 atom stereocenters. The lowest BCUT2D eigenvalue weighted by Crippen LogP contribution is -2.27. The lowest BCUT2D eigenvalue weighted by molar-refractivity contribution is -0.129. The Morgan fingerprint density at radius 3 is 2.65 bits per heavy atom. The molecule has 20 heavy (non-hydrogen) atoms. The van der Waals surface area contributed by atoms with Crippen molar-refractivity contribution in [1.29, 1.82) is 0 Å². The molecular formula is C15H19N3O2.